The minimum Gasteiger partial charge on any atom is -0.379 e. The lowest BCUT2D eigenvalue weighted by atomic mass is 9.92. The summed E-state index contributed by atoms with van der Waals surface area (Å²) in [5.41, 5.74) is 2.30. The average Bonchev–Trinajstić information content (AvgIpc) is 3.29. The zero-order valence-corrected chi connectivity index (χ0v) is 20.6. The fourth-order valence-electron chi connectivity index (χ4n) is 4.26. The lowest BCUT2D eigenvalue weighted by Gasteiger charge is -2.38. The van der Waals surface area contributed by atoms with Gasteiger partial charge < -0.3 is 10.1 Å². The normalized spacial score (nSPS) is 15.9. The highest BCUT2D eigenvalue weighted by molar-refractivity contribution is 7.99. The van der Waals surface area contributed by atoms with Crippen molar-refractivity contribution < 1.29 is 9.53 Å². The van der Waals surface area contributed by atoms with Gasteiger partial charge in [0.05, 0.1) is 19.0 Å². The molecule has 1 fully saturated rings. The van der Waals surface area contributed by atoms with E-state index in [-0.39, 0.29) is 5.91 Å². The van der Waals surface area contributed by atoms with Gasteiger partial charge in [0.25, 0.3) is 0 Å². The molecule has 0 radical (unpaired) electrons. The van der Waals surface area contributed by atoms with Crippen LogP contribution in [0.3, 0.4) is 0 Å². The largest absolute Gasteiger partial charge is 0.379 e. The number of carbonyl (C=O) groups excluding carboxylic acids is 1. The second kappa shape index (κ2) is 12.4. The Morgan fingerprint density at radius 3 is 2.47 bits per heavy atom. The molecule has 3 rings (SSSR count). The van der Waals surface area contributed by atoms with Gasteiger partial charge in [-0.1, -0.05) is 64.4 Å². The van der Waals surface area contributed by atoms with E-state index < -0.39 is 0 Å². The van der Waals surface area contributed by atoms with Crippen molar-refractivity contribution in [2.75, 3.05) is 38.6 Å². The van der Waals surface area contributed by atoms with Crippen molar-refractivity contribution in [3.05, 3.63) is 36.2 Å². The molecule has 1 amide bonds. The van der Waals surface area contributed by atoms with Crippen molar-refractivity contribution in [2.45, 2.75) is 57.7 Å². The van der Waals surface area contributed by atoms with E-state index in [1.54, 1.807) is 6.33 Å². The Morgan fingerprint density at radius 2 is 1.84 bits per heavy atom. The Bertz CT molecular complexity index is 829. The topological polar surface area (TPSA) is 72.3 Å². The zero-order valence-electron chi connectivity index (χ0n) is 19.8. The molecule has 2 heterocycles. The van der Waals surface area contributed by atoms with Crippen molar-refractivity contribution >= 4 is 17.7 Å². The lowest BCUT2D eigenvalue weighted by Crippen LogP contribution is -2.52. The summed E-state index contributed by atoms with van der Waals surface area (Å²) >= 11 is 1.42. The molecule has 2 aromatic rings. The zero-order chi connectivity index (χ0) is 22.9. The van der Waals surface area contributed by atoms with Gasteiger partial charge in [-0.25, -0.2) is 0 Å². The van der Waals surface area contributed by atoms with Crippen LogP contribution >= 0.6 is 11.8 Å². The summed E-state index contributed by atoms with van der Waals surface area (Å²) in [6.45, 7) is 12.9. The number of ether oxygens (including phenoxy) is 1. The van der Waals surface area contributed by atoms with Gasteiger partial charge in [-0.15, -0.1) is 10.2 Å². The van der Waals surface area contributed by atoms with Crippen LogP contribution in [0.1, 0.15) is 52.0 Å². The predicted octanol–water partition coefficient (Wildman–Crippen LogP) is 3.74. The maximum absolute atomic E-state index is 12.7. The number of aromatic nitrogens is 3. The van der Waals surface area contributed by atoms with Gasteiger partial charge in [0.15, 0.2) is 5.16 Å². The second-order valence-corrected chi connectivity index (χ2v) is 9.56. The Labute approximate surface area is 196 Å². The van der Waals surface area contributed by atoms with Crippen LogP contribution in [0.4, 0.5) is 0 Å². The Morgan fingerprint density at radius 1 is 1.16 bits per heavy atom. The van der Waals surface area contributed by atoms with Crippen LogP contribution in [-0.4, -0.2) is 70.2 Å². The number of hydrogen-bond donors (Lipinski definition) is 1. The van der Waals surface area contributed by atoms with E-state index in [1.807, 2.05) is 4.57 Å². The van der Waals surface area contributed by atoms with Crippen molar-refractivity contribution in [3.8, 4) is 5.69 Å². The van der Waals surface area contributed by atoms with Gasteiger partial charge in [-0.05, 0) is 29.5 Å². The van der Waals surface area contributed by atoms with Gasteiger partial charge in [0.2, 0.25) is 5.91 Å². The molecule has 0 spiro atoms. The van der Waals surface area contributed by atoms with Gasteiger partial charge in [-0.3, -0.25) is 14.3 Å². The van der Waals surface area contributed by atoms with Crippen LogP contribution in [0.5, 0.6) is 0 Å². The van der Waals surface area contributed by atoms with E-state index in [4.69, 9.17) is 4.74 Å². The summed E-state index contributed by atoms with van der Waals surface area (Å²) in [5.74, 6) is 1.41. The molecule has 0 saturated carbocycles. The summed E-state index contributed by atoms with van der Waals surface area (Å²) in [6, 6.07) is 8.76. The first-order valence-electron chi connectivity index (χ1n) is 11.7. The standard InChI is InChI=1S/C24H37N5O2S/c1-5-19(6-2)22(28-11-13-31-14-12-28)15-25-23(30)16-32-24-27-26-17-29(24)21-9-7-20(8-10-21)18(3)4/h7-10,17-19,22H,5-6,11-16H2,1-4H3,(H,25,30). The van der Waals surface area contributed by atoms with Crippen LogP contribution in [0.2, 0.25) is 0 Å². The summed E-state index contributed by atoms with van der Waals surface area (Å²) in [7, 11) is 0. The average molecular weight is 460 g/mol. The molecule has 0 aliphatic carbocycles. The Hall–Kier alpha value is -1.90. The minimum atomic E-state index is 0.0314. The van der Waals surface area contributed by atoms with Crippen molar-refractivity contribution in [2.24, 2.45) is 5.92 Å². The minimum absolute atomic E-state index is 0.0314. The molecular formula is C24H37N5O2S. The number of morpholine rings is 1. The molecule has 32 heavy (non-hydrogen) atoms. The molecule has 1 N–H and O–H groups in total. The fraction of sp³-hybridized carbons (Fsp3) is 0.625. The van der Waals surface area contributed by atoms with Crippen LogP contribution in [0.15, 0.2) is 35.7 Å². The molecule has 1 atom stereocenters. The molecule has 176 valence electrons. The number of thioether (sulfide) groups is 1. The van der Waals surface area contributed by atoms with Gasteiger partial charge >= 0.3 is 0 Å². The highest BCUT2D eigenvalue weighted by atomic mass is 32.2. The molecule has 1 unspecified atom stereocenters. The summed E-state index contributed by atoms with van der Waals surface area (Å²) in [4.78, 5) is 15.1. The van der Waals surface area contributed by atoms with E-state index >= 15 is 0 Å². The van der Waals surface area contributed by atoms with Crippen LogP contribution in [0, 0.1) is 5.92 Å². The van der Waals surface area contributed by atoms with Crippen LogP contribution in [-0.2, 0) is 9.53 Å². The first kappa shape index (κ1) is 24.7. The van der Waals surface area contributed by atoms with E-state index in [9.17, 15) is 4.79 Å². The van der Waals surface area contributed by atoms with E-state index in [0.717, 1.165) is 50.0 Å². The van der Waals surface area contributed by atoms with E-state index in [0.29, 0.717) is 30.2 Å². The quantitative estimate of drug-likeness (QED) is 0.516. The number of hydrogen-bond acceptors (Lipinski definition) is 6. The van der Waals surface area contributed by atoms with Gasteiger partial charge in [0.1, 0.15) is 6.33 Å². The smallest absolute Gasteiger partial charge is 0.230 e. The Kier molecular flexibility index (Phi) is 9.56. The van der Waals surface area contributed by atoms with Crippen molar-refractivity contribution in [3.63, 3.8) is 0 Å². The number of nitrogens with one attached hydrogen (secondary N) is 1. The third kappa shape index (κ3) is 6.56. The molecule has 7 nitrogen and oxygen atoms in total. The fourth-order valence-corrected chi connectivity index (χ4v) is 5.01. The number of carbonyl (C=O) groups is 1. The molecule has 1 saturated heterocycles. The monoisotopic (exact) mass is 459 g/mol. The molecule has 1 aliphatic rings. The van der Waals surface area contributed by atoms with Gasteiger partial charge in [-0.2, -0.15) is 0 Å². The number of nitrogens with zero attached hydrogens (tertiary/aromatic N) is 4. The van der Waals surface area contributed by atoms with E-state index in [2.05, 4.69) is 72.4 Å². The molecule has 8 heteroatoms. The number of benzene rings is 1. The van der Waals surface area contributed by atoms with Gasteiger partial charge in [0, 0.05) is 31.4 Å². The lowest BCUT2D eigenvalue weighted by molar-refractivity contribution is -0.119. The number of rotatable bonds is 11. The van der Waals surface area contributed by atoms with Crippen LogP contribution < -0.4 is 5.32 Å². The van der Waals surface area contributed by atoms with E-state index in [1.165, 1.54) is 17.3 Å². The molecule has 1 aromatic heterocycles. The predicted molar refractivity (Wildman–Crippen MR) is 129 cm³/mol. The molecular weight excluding hydrogens is 422 g/mol. The second-order valence-electron chi connectivity index (χ2n) is 8.61. The van der Waals surface area contributed by atoms with Crippen LogP contribution in [0.25, 0.3) is 5.69 Å². The third-order valence-electron chi connectivity index (χ3n) is 6.30. The first-order valence-corrected chi connectivity index (χ1v) is 12.7. The molecule has 1 aliphatic heterocycles. The summed E-state index contributed by atoms with van der Waals surface area (Å²) < 4.78 is 7.45. The first-order chi connectivity index (χ1) is 15.5. The highest BCUT2D eigenvalue weighted by Gasteiger charge is 2.27. The maximum Gasteiger partial charge on any atom is 0.230 e. The highest BCUT2D eigenvalue weighted by Crippen LogP contribution is 2.22. The molecule has 1 aromatic carbocycles. The molecule has 0 bridgehead atoms. The van der Waals surface area contributed by atoms with Crippen molar-refractivity contribution in [1.29, 1.82) is 0 Å². The number of amides is 1. The maximum atomic E-state index is 12.7. The summed E-state index contributed by atoms with van der Waals surface area (Å²) in [6.07, 6.45) is 3.93. The van der Waals surface area contributed by atoms with Crippen molar-refractivity contribution in [1.82, 2.24) is 25.0 Å². The summed E-state index contributed by atoms with van der Waals surface area (Å²) in [5, 5.41) is 12.2. The Balaban J connectivity index is 1.56. The third-order valence-corrected chi connectivity index (χ3v) is 7.25. The SMILES string of the molecule is CCC(CC)C(CNC(=O)CSc1nncn1-c1ccc(C(C)C)cc1)N1CCOCC1.